The van der Waals surface area contributed by atoms with Crippen molar-refractivity contribution in [3.8, 4) is 0 Å². The average molecular weight is 346 g/mol. The van der Waals surface area contributed by atoms with E-state index >= 15 is 0 Å². The first-order valence-electron chi connectivity index (χ1n) is 7.22. The Morgan fingerprint density at radius 2 is 2.30 bits per heavy atom. The highest BCUT2D eigenvalue weighted by Gasteiger charge is 2.50. The van der Waals surface area contributed by atoms with Crippen LogP contribution in [0.5, 0.6) is 0 Å². The van der Waals surface area contributed by atoms with E-state index in [0.29, 0.717) is 25.3 Å². The Morgan fingerprint density at radius 1 is 1.52 bits per heavy atom. The largest absolute Gasteiger partial charge is 0.396 e. The number of aryl methyl sites for hydroxylation is 1. The van der Waals surface area contributed by atoms with E-state index in [4.69, 9.17) is 0 Å². The number of nitrogens with one attached hydrogen (secondary N) is 2. The fraction of sp³-hybridized carbons (Fsp3) is 0.692. The van der Waals surface area contributed by atoms with E-state index in [1.54, 1.807) is 11.8 Å². The smallest absolute Gasteiger partial charge is 0.275 e. The van der Waals surface area contributed by atoms with E-state index in [9.17, 15) is 14.7 Å². The fourth-order valence-electron chi connectivity index (χ4n) is 3.22. The van der Waals surface area contributed by atoms with Crippen molar-refractivity contribution in [1.29, 1.82) is 0 Å². The third kappa shape index (κ3) is 3.17. The Labute approximate surface area is 139 Å². The molecule has 2 saturated heterocycles. The summed E-state index contributed by atoms with van der Waals surface area (Å²) < 4.78 is 4.46. The Kier molecular flexibility index (Phi) is 5.23. The molecule has 0 saturated carbocycles. The zero-order valence-corrected chi connectivity index (χ0v) is 13.6. The van der Waals surface area contributed by atoms with Gasteiger partial charge in [0.25, 0.3) is 5.91 Å². The number of halogens is 1. The zero-order valence-electron chi connectivity index (χ0n) is 12.7. The van der Waals surface area contributed by atoms with E-state index in [-0.39, 0.29) is 48.5 Å². The average Bonchev–Trinajstić information content (AvgIpc) is 3.17. The molecule has 3 N–H and O–H groups in total. The molecule has 2 atom stereocenters. The number of amides is 2. The SMILES string of the molecule is Cc1nonc1C(=O)NCC(=O)N1CC2CNCC2(CO)C1.Cl. The molecule has 2 fully saturated rings. The molecular formula is C13H20ClN5O4. The molecule has 9 nitrogen and oxygen atoms in total. The van der Waals surface area contributed by atoms with Gasteiger partial charge in [0.05, 0.1) is 13.2 Å². The molecule has 2 aliphatic rings. The summed E-state index contributed by atoms with van der Waals surface area (Å²) in [7, 11) is 0. The van der Waals surface area contributed by atoms with Gasteiger partial charge in [-0.15, -0.1) is 12.4 Å². The second-order valence-electron chi connectivity index (χ2n) is 6.00. The Balaban J connectivity index is 0.00000192. The monoisotopic (exact) mass is 345 g/mol. The van der Waals surface area contributed by atoms with E-state index in [1.165, 1.54) is 0 Å². The number of aliphatic hydroxyl groups excluding tert-OH is 1. The maximum absolute atomic E-state index is 12.2. The van der Waals surface area contributed by atoms with Crippen LogP contribution in [0.3, 0.4) is 0 Å². The Bertz CT molecular complexity index is 595. The number of hydrogen-bond donors (Lipinski definition) is 3. The third-order valence-corrected chi connectivity index (χ3v) is 4.62. The van der Waals surface area contributed by atoms with Gasteiger partial charge in [0.15, 0.2) is 5.69 Å². The van der Waals surface area contributed by atoms with Crippen LogP contribution in [0.15, 0.2) is 4.63 Å². The number of aliphatic hydroxyl groups is 1. The molecule has 2 unspecified atom stereocenters. The first-order valence-corrected chi connectivity index (χ1v) is 7.22. The van der Waals surface area contributed by atoms with Gasteiger partial charge in [0.1, 0.15) is 5.69 Å². The normalized spacial score (nSPS) is 25.8. The van der Waals surface area contributed by atoms with Crippen LogP contribution in [-0.4, -0.2) is 71.5 Å². The van der Waals surface area contributed by atoms with Gasteiger partial charge in [0, 0.05) is 31.6 Å². The van der Waals surface area contributed by atoms with Crippen LogP contribution in [0.4, 0.5) is 0 Å². The van der Waals surface area contributed by atoms with Crippen LogP contribution in [-0.2, 0) is 4.79 Å². The predicted octanol–water partition coefficient (Wildman–Crippen LogP) is -1.43. The van der Waals surface area contributed by atoms with Crippen molar-refractivity contribution in [3.05, 3.63) is 11.4 Å². The Morgan fingerprint density at radius 3 is 2.91 bits per heavy atom. The van der Waals surface area contributed by atoms with Crippen LogP contribution < -0.4 is 10.6 Å². The Hall–Kier alpha value is -1.71. The van der Waals surface area contributed by atoms with Gasteiger partial charge in [0.2, 0.25) is 5.91 Å². The van der Waals surface area contributed by atoms with Crippen molar-refractivity contribution in [1.82, 2.24) is 25.8 Å². The summed E-state index contributed by atoms with van der Waals surface area (Å²) in [5.74, 6) is -0.381. The third-order valence-electron chi connectivity index (χ3n) is 4.62. The first kappa shape index (κ1) is 17.6. The molecule has 23 heavy (non-hydrogen) atoms. The van der Waals surface area contributed by atoms with Gasteiger partial charge >= 0.3 is 0 Å². The second-order valence-corrected chi connectivity index (χ2v) is 6.00. The maximum Gasteiger partial charge on any atom is 0.275 e. The number of hydrogen-bond acceptors (Lipinski definition) is 7. The lowest BCUT2D eigenvalue weighted by molar-refractivity contribution is -0.129. The van der Waals surface area contributed by atoms with Crippen LogP contribution in [0, 0.1) is 18.3 Å². The van der Waals surface area contributed by atoms with Crippen molar-refractivity contribution in [2.45, 2.75) is 6.92 Å². The predicted molar refractivity (Wildman–Crippen MR) is 81.1 cm³/mol. The van der Waals surface area contributed by atoms with Gasteiger partial charge < -0.3 is 20.6 Å². The van der Waals surface area contributed by atoms with Crippen LogP contribution in [0.2, 0.25) is 0 Å². The van der Waals surface area contributed by atoms with Crippen LogP contribution >= 0.6 is 12.4 Å². The van der Waals surface area contributed by atoms with Crippen LogP contribution in [0.1, 0.15) is 16.2 Å². The van der Waals surface area contributed by atoms with Gasteiger partial charge in [-0.05, 0) is 18.0 Å². The van der Waals surface area contributed by atoms with Crippen molar-refractivity contribution in [2.24, 2.45) is 11.3 Å². The summed E-state index contributed by atoms with van der Waals surface area (Å²) in [5.41, 5.74) is 0.222. The molecule has 1 aromatic rings. The molecule has 0 aliphatic carbocycles. The standard InChI is InChI=1S/C13H19N5O4.ClH/c1-8-11(17-22-16-8)12(21)15-3-10(20)18-4-9-2-14-5-13(9,6-18)7-19;/h9,14,19H,2-7H2,1H3,(H,15,21);1H. The van der Waals surface area contributed by atoms with Gasteiger partial charge in [-0.3, -0.25) is 9.59 Å². The zero-order chi connectivity index (χ0) is 15.7. The quantitative estimate of drug-likeness (QED) is 0.611. The number of carbonyl (C=O) groups is 2. The molecule has 0 radical (unpaired) electrons. The fourth-order valence-corrected chi connectivity index (χ4v) is 3.22. The molecular weight excluding hydrogens is 326 g/mol. The van der Waals surface area contributed by atoms with E-state index < -0.39 is 5.91 Å². The van der Waals surface area contributed by atoms with Crippen molar-refractivity contribution < 1.29 is 19.3 Å². The summed E-state index contributed by atoms with van der Waals surface area (Å²) in [6, 6.07) is 0. The first-order chi connectivity index (χ1) is 10.6. The van der Waals surface area contributed by atoms with Crippen molar-refractivity contribution in [3.63, 3.8) is 0 Å². The lowest BCUT2D eigenvalue weighted by Crippen LogP contribution is -2.42. The highest BCUT2D eigenvalue weighted by atomic mass is 35.5. The van der Waals surface area contributed by atoms with E-state index in [1.807, 2.05) is 0 Å². The lowest BCUT2D eigenvalue weighted by atomic mass is 9.82. The molecule has 0 bridgehead atoms. The molecule has 10 heteroatoms. The van der Waals surface area contributed by atoms with Gasteiger partial charge in [-0.1, -0.05) is 5.16 Å². The summed E-state index contributed by atoms with van der Waals surface area (Å²) in [5, 5.41) is 22.4. The van der Waals surface area contributed by atoms with E-state index in [0.717, 1.165) is 6.54 Å². The summed E-state index contributed by atoms with van der Waals surface area (Å²) in [6.07, 6.45) is 0. The maximum atomic E-state index is 12.2. The molecule has 2 amide bonds. The minimum Gasteiger partial charge on any atom is -0.396 e. The molecule has 0 aromatic carbocycles. The molecule has 0 spiro atoms. The number of aromatic nitrogens is 2. The van der Waals surface area contributed by atoms with Gasteiger partial charge in [-0.25, -0.2) is 4.63 Å². The summed E-state index contributed by atoms with van der Waals surface area (Å²) in [6.45, 7) is 4.20. The van der Waals surface area contributed by atoms with Crippen molar-refractivity contribution in [2.75, 3.05) is 39.3 Å². The highest BCUT2D eigenvalue weighted by molar-refractivity contribution is 5.95. The van der Waals surface area contributed by atoms with Crippen LogP contribution in [0.25, 0.3) is 0 Å². The van der Waals surface area contributed by atoms with Gasteiger partial charge in [-0.2, -0.15) is 0 Å². The number of likely N-dealkylation sites (tertiary alicyclic amines) is 1. The molecule has 128 valence electrons. The molecule has 3 heterocycles. The second kappa shape index (κ2) is 6.81. The topological polar surface area (TPSA) is 121 Å². The molecule has 2 aliphatic heterocycles. The molecule has 1 aromatic heterocycles. The summed E-state index contributed by atoms with van der Waals surface area (Å²) >= 11 is 0. The number of carbonyl (C=O) groups excluding carboxylic acids is 2. The van der Waals surface area contributed by atoms with Crippen molar-refractivity contribution >= 4 is 24.2 Å². The number of fused-ring (bicyclic) bond motifs is 1. The number of rotatable bonds is 4. The minimum atomic E-state index is -0.481. The molecule has 3 rings (SSSR count). The summed E-state index contributed by atoms with van der Waals surface area (Å²) in [4.78, 5) is 25.8. The minimum absolute atomic E-state index is 0. The highest BCUT2D eigenvalue weighted by Crippen LogP contribution is 2.38. The number of nitrogens with zero attached hydrogens (tertiary/aromatic N) is 3. The lowest BCUT2D eigenvalue weighted by Gasteiger charge is -2.25. The van der Waals surface area contributed by atoms with E-state index in [2.05, 4.69) is 25.6 Å².